The highest BCUT2D eigenvalue weighted by Gasteiger charge is 2.20. The summed E-state index contributed by atoms with van der Waals surface area (Å²) >= 11 is 5.87. The van der Waals surface area contributed by atoms with Gasteiger partial charge in [-0.1, -0.05) is 35.9 Å². The lowest BCUT2D eigenvalue weighted by Crippen LogP contribution is -2.31. The third-order valence-corrected chi connectivity index (χ3v) is 3.62. The molecule has 1 aromatic heterocycles. The third-order valence-electron chi connectivity index (χ3n) is 3.43. The zero-order valence-electron chi connectivity index (χ0n) is 10.6. The van der Waals surface area contributed by atoms with Crippen molar-refractivity contribution in [2.24, 2.45) is 0 Å². The summed E-state index contributed by atoms with van der Waals surface area (Å²) in [5.41, 5.74) is 2.52. The molecule has 1 aliphatic heterocycles. The maximum Gasteiger partial charge on any atom is 0.276 e. The number of fused-ring (bicyclic) bond motifs is 1. The van der Waals surface area contributed by atoms with Crippen molar-refractivity contribution < 1.29 is 4.92 Å². The average molecular weight is 290 g/mol. The van der Waals surface area contributed by atoms with Crippen LogP contribution >= 0.6 is 11.6 Å². The van der Waals surface area contributed by atoms with Gasteiger partial charge in [-0.15, -0.1) is 0 Å². The number of benzene rings is 1. The number of aromatic nitrogens is 1. The lowest BCUT2D eigenvalue weighted by molar-refractivity contribution is -0.384. The molecule has 5 nitrogen and oxygen atoms in total. The van der Waals surface area contributed by atoms with Crippen molar-refractivity contribution in [1.82, 2.24) is 4.98 Å². The van der Waals surface area contributed by atoms with Crippen LogP contribution in [0.25, 0.3) is 0 Å². The summed E-state index contributed by atoms with van der Waals surface area (Å²) in [6.45, 7) is 1.47. The van der Waals surface area contributed by atoms with E-state index in [-0.39, 0.29) is 10.8 Å². The molecule has 0 saturated heterocycles. The standard InChI is InChI=1S/C14H12ClN3O2/c15-13-7-12(18(19)20)8-14(16-13)17-6-5-10-3-1-2-4-11(10)9-17/h1-4,7-8H,5-6,9H2. The van der Waals surface area contributed by atoms with E-state index in [1.807, 2.05) is 17.0 Å². The second-order valence-corrected chi connectivity index (χ2v) is 5.09. The fourth-order valence-electron chi connectivity index (χ4n) is 2.43. The first-order chi connectivity index (χ1) is 9.63. The highest BCUT2D eigenvalue weighted by molar-refractivity contribution is 6.29. The van der Waals surface area contributed by atoms with Gasteiger partial charge in [0.05, 0.1) is 17.1 Å². The van der Waals surface area contributed by atoms with Crippen LogP contribution in [-0.2, 0) is 13.0 Å². The van der Waals surface area contributed by atoms with Gasteiger partial charge in [-0.05, 0) is 17.5 Å². The Bertz CT molecular complexity index is 675. The van der Waals surface area contributed by atoms with E-state index in [9.17, 15) is 10.1 Å². The summed E-state index contributed by atoms with van der Waals surface area (Å²) < 4.78 is 0. The molecule has 20 heavy (non-hydrogen) atoms. The molecule has 1 aromatic carbocycles. The topological polar surface area (TPSA) is 59.3 Å². The minimum atomic E-state index is -0.449. The van der Waals surface area contributed by atoms with E-state index in [2.05, 4.69) is 17.1 Å². The van der Waals surface area contributed by atoms with E-state index in [4.69, 9.17) is 11.6 Å². The second kappa shape index (κ2) is 5.09. The zero-order chi connectivity index (χ0) is 14.1. The van der Waals surface area contributed by atoms with Gasteiger partial charge in [0.15, 0.2) is 0 Å². The van der Waals surface area contributed by atoms with E-state index in [1.165, 1.54) is 23.3 Å². The normalized spacial score (nSPS) is 13.9. The SMILES string of the molecule is O=[N+]([O-])c1cc(Cl)nc(N2CCc3ccccc3C2)c1. The predicted molar refractivity (Wildman–Crippen MR) is 77.1 cm³/mol. The van der Waals surface area contributed by atoms with Crippen molar-refractivity contribution in [2.45, 2.75) is 13.0 Å². The fraction of sp³-hybridized carbons (Fsp3) is 0.214. The molecule has 6 heteroatoms. The predicted octanol–water partition coefficient (Wildman–Crippen LogP) is 3.21. The number of pyridine rings is 1. The second-order valence-electron chi connectivity index (χ2n) is 4.70. The molecule has 0 bridgehead atoms. The number of halogens is 1. The molecule has 0 amide bonds. The Morgan fingerprint density at radius 3 is 2.75 bits per heavy atom. The molecule has 0 fully saturated rings. The molecule has 2 aromatic rings. The Balaban J connectivity index is 1.93. The third kappa shape index (κ3) is 2.44. The van der Waals surface area contributed by atoms with Gasteiger partial charge in [-0.3, -0.25) is 10.1 Å². The molecule has 0 atom stereocenters. The molecule has 0 aliphatic carbocycles. The molecule has 0 N–H and O–H groups in total. The molecule has 1 aliphatic rings. The Labute approximate surface area is 121 Å². The average Bonchev–Trinajstić information content (AvgIpc) is 2.46. The van der Waals surface area contributed by atoms with Crippen molar-refractivity contribution in [3.8, 4) is 0 Å². The van der Waals surface area contributed by atoms with Gasteiger partial charge >= 0.3 is 0 Å². The van der Waals surface area contributed by atoms with Gasteiger partial charge in [-0.25, -0.2) is 4.98 Å². The van der Waals surface area contributed by atoms with Gasteiger partial charge in [-0.2, -0.15) is 0 Å². The summed E-state index contributed by atoms with van der Waals surface area (Å²) in [6, 6.07) is 10.9. The summed E-state index contributed by atoms with van der Waals surface area (Å²) in [5, 5.41) is 11.0. The number of hydrogen-bond acceptors (Lipinski definition) is 4. The molecule has 0 unspecified atom stereocenters. The summed E-state index contributed by atoms with van der Waals surface area (Å²) in [7, 11) is 0. The Morgan fingerprint density at radius 1 is 1.25 bits per heavy atom. The van der Waals surface area contributed by atoms with E-state index < -0.39 is 4.92 Å². The molecular formula is C14H12ClN3O2. The quantitative estimate of drug-likeness (QED) is 0.484. The van der Waals surface area contributed by atoms with Crippen molar-refractivity contribution in [3.05, 3.63) is 62.8 Å². The lowest BCUT2D eigenvalue weighted by Gasteiger charge is -2.29. The lowest BCUT2D eigenvalue weighted by atomic mass is 10.00. The summed E-state index contributed by atoms with van der Waals surface area (Å²) in [5.74, 6) is 0.554. The van der Waals surface area contributed by atoms with E-state index >= 15 is 0 Å². The number of rotatable bonds is 2. The number of hydrogen-bond donors (Lipinski definition) is 0. The fourth-order valence-corrected chi connectivity index (χ4v) is 2.63. The summed E-state index contributed by atoms with van der Waals surface area (Å²) in [4.78, 5) is 16.7. The molecular weight excluding hydrogens is 278 g/mol. The van der Waals surface area contributed by atoms with Gasteiger partial charge in [0.2, 0.25) is 0 Å². The Kier molecular flexibility index (Phi) is 3.28. The largest absolute Gasteiger partial charge is 0.352 e. The van der Waals surface area contributed by atoms with Crippen LogP contribution in [0.5, 0.6) is 0 Å². The highest BCUT2D eigenvalue weighted by Crippen LogP contribution is 2.27. The molecule has 0 radical (unpaired) electrons. The molecule has 0 saturated carbocycles. The van der Waals surface area contributed by atoms with Gasteiger partial charge in [0.1, 0.15) is 11.0 Å². The Morgan fingerprint density at radius 2 is 2.00 bits per heavy atom. The molecule has 2 heterocycles. The van der Waals surface area contributed by atoms with Gasteiger partial charge in [0, 0.05) is 13.1 Å². The van der Waals surface area contributed by atoms with Crippen LogP contribution in [-0.4, -0.2) is 16.5 Å². The maximum atomic E-state index is 10.9. The number of nitro groups is 1. The van der Waals surface area contributed by atoms with Crippen molar-refractivity contribution in [2.75, 3.05) is 11.4 Å². The van der Waals surface area contributed by atoms with Crippen LogP contribution in [0, 0.1) is 10.1 Å². The molecule has 0 spiro atoms. The minimum absolute atomic E-state index is 0.0288. The zero-order valence-corrected chi connectivity index (χ0v) is 11.4. The van der Waals surface area contributed by atoms with Crippen molar-refractivity contribution in [1.29, 1.82) is 0 Å². The van der Waals surface area contributed by atoms with E-state index in [0.717, 1.165) is 13.0 Å². The van der Waals surface area contributed by atoms with Crippen LogP contribution in [0.4, 0.5) is 11.5 Å². The first kappa shape index (κ1) is 12.9. The first-order valence-electron chi connectivity index (χ1n) is 6.27. The van der Waals surface area contributed by atoms with E-state index in [0.29, 0.717) is 12.4 Å². The van der Waals surface area contributed by atoms with Gasteiger partial charge in [0.25, 0.3) is 5.69 Å². The summed E-state index contributed by atoms with van der Waals surface area (Å²) in [6.07, 6.45) is 0.901. The minimum Gasteiger partial charge on any atom is -0.352 e. The van der Waals surface area contributed by atoms with Crippen LogP contribution < -0.4 is 4.90 Å². The smallest absolute Gasteiger partial charge is 0.276 e. The number of anilines is 1. The van der Waals surface area contributed by atoms with Crippen molar-refractivity contribution in [3.63, 3.8) is 0 Å². The van der Waals surface area contributed by atoms with Crippen LogP contribution in [0.1, 0.15) is 11.1 Å². The maximum absolute atomic E-state index is 10.9. The molecule has 102 valence electrons. The van der Waals surface area contributed by atoms with Crippen molar-refractivity contribution >= 4 is 23.1 Å². The first-order valence-corrected chi connectivity index (χ1v) is 6.65. The van der Waals surface area contributed by atoms with E-state index in [1.54, 1.807) is 0 Å². The van der Waals surface area contributed by atoms with Gasteiger partial charge < -0.3 is 4.90 Å². The number of nitrogens with zero attached hydrogens (tertiary/aromatic N) is 3. The monoisotopic (exact) mass is 289 g/mol. The van der Waals surface area contributed by atoms with Crippen LogP contribution in [0.3, 0.4) is 0 Å². The van der Waals surface area contributed by atoms with Crippen LogP contribution in [0.15, 0.2) is 36.4 Å². The highest BCUT2D eigenvalue weighted by atomic mass is 35.5. The Hall–Kier alpha value is -2.14. The van der Waals surface area contributed by atoms with Crippen LogP contribution in [0.2, 0.25) is 5.15 Å². The molecule has 3 rings (SSSR count).